The molecule has 3 rings (SSSR count). The number of benzene rings is 2. The number of imide groups is 1. The van der Waals surface area contributed by atoms with Gasteiger partial charge in [0.15, 0.2) is 6.61 Å². The second-order valence-electron chi connectivity index (χ2n) is 6.54. The molecular formula is C21H19ClN2O5. The molecule has 2 aromatic rings. The Bertz CT molecular complexity index is 923. The van der Waals surface area contributed by atoms with Crippen LogP contribution in [0.3, 0.4) is 0 Å². The molecule has 1 N–H and O–H groups in total. The molecule has 0 saturated heterocycles. The lowest BCUT2D eigenvalue weighted by atomic mass is 10.1. The highest BCUT2D eigenvalue weighted by Crippen LogP contribution is 2.24. The molecule has 0 unspecified atom stereocenters. The minimum absolute atomic E-state index is 0.247. The predicted octanol–water partition coefficient (Wildman–Crippen LogP) is 2.23. The monoisotopic (exact) mass is 414 g/mol. The number of nitrogens with one attached hydrogen (secondary N) is 1. The number of rotatable bonds is 7. The van der Waals surface area contributed by atoms with E-state index in [1.165, 1.54) is 19.1 Å². The van der Waals surface area contributed by atoms with E-state index in [9.17, 15) is 19.2 Å². The lowest BCUT2D eigenvalue weighted by Crippen LogP contribution is -2.44. The maximum atomic E-state index is 12.4. The molecule has 8 heteroatoms. The second kappa shape index (κ2) is 8.87. The highest BCUT2D eigenvalue weighted by Gasteiger charge is 2.41. The SMILES string of the molecule is C[C@@H](C(=O)OCC(=O)NCCc1ccc(Cl)cc1)N1C(=O)c2ccccc2C1=O. The summed E-state index contributed by atoms with van der Waals surface area (Å²) >= 11 is 5.82. The molecule has 1 heterocycles. The fraction of sp³-hybridized carbons (Fsp3) is 0.238. The topological polar surface area (TPSA) is 92.8 Å². The van der Waals surface area contributed by atoms with E-state index in [-0.39, 0.29) is 11.1 Å². The molecule has 7 nitrogen and oxygen atoms in total. The van der Waals surface area contributed by atoms with Crippen molar-refractivity contribution in [2.24, 2.45) is 0 Å². The van der Waals surface area contributed by atoms with E-state index in [1.807, 2.05) is 12.1 Å². The normalized spacial score (nSPS) is 13.8. The first-order valence-corrected chi connectivity index (χ1v) is 9.41. The smallest absolute Gasteiger partial charge is 0.329 e. The molecule has 1 aliphatic heterocycles. The second-order valence-corrected chi connectivity index (χ2v) is 6.97. The maximum Gasteiger partial charge on any atom is 0.329 e. The van der Waals surface area contributed by atoms with Crippen LogP contribution in [0.5, 0.6) is 0 Å². The van der Waals surface area contributed by atoms with Crippen molar-refractivity contribution in [3.05, 3.63) is 70.2 Å². The molecule has 3 amide bonds. The zero-order valence-corrected chi connectivity index (χ0v) is 16.4. The van der Waals surface area contributed by atoms with Crippen molar-refractivity contribution in [2.45, 2.75) is 19.4 Å². The van der Waals surface area contributed by atoms with Crippen LogP contribution in [0.1, 0.15) is 33.2 Å². The zero-order chi connectivity index (χ0) is 21.0. The standard InChI is InChI=1S/C21H19ClN2O5/c1-13(24-19(26)16-4-2-3-5-17(16)20(24)27)21(28)29-12-18(25)23-11-10-14-6-8-15(22)9-7-14/h2-9,13H,10-12H2,1H3,(H,23,25)/t13-/m0/s1. The van der Waals surface area contributed by atoms with Crippen LogP contribution in [0.4, 0.5) is 0 Å². The summed E-state index contributed by atoms with van der Waals surface area (Å²) in [4.78, 5) is 49.8. The summed E-state index contributed by atoms with van der Waals surface area (Å²) in [6, 6.07) is 12.5. The highest BCUT2D eigenvalue weighted by atomic mass is 35.5. The molecule has 1 aliphatic rings. The van der Waals surface area contributed by atoms with Crippen LogP contribution in [-0.2, 0) is 20.7 Å². The molecule has 1 atom stereocenters. The van der Waals surface area contributed by atoms with E-state index in [4.69, 9.17) is 16.3 Å². The van der Waals surface area contributed by atoms with Gasteiger partial charge in [-0.25, -0.2) is 4.79 Å². The van der Waals surface area contributed by atoms with E-state index in [0.29, 0.717) is 18.0 Å². The molecule has 0 aliphatic carbocycles. The van der Waals surface area contributed by atoms with Gasteiger partial charge in [0.05, 0.1) is 11.1 Å². The van der Waals surface area contributed by atoms with Gasteiger partial charge in [-0.15, -0.1) is 0 Å². The van der Waals surface area contributed by atoms with Gasteiger partial charge in [0.1, 0.15) is 6.04 Å². The molecule has 29 heavy (non-hydrogen) atoms. The Morgan fingerprint density at radius 3 is 2.21 bits per heavy atom. The number of esters is 1. The molecule has 0 radical (unpaired) electrons. The lowest BCUT2D eigenvalue weighted by molar-refractivity contribution is -0.151. The summed E-state index contributed by atoms with van der Waals surface area (Å²) in [5.74, 6) is -2.40. The summed E-state index contributed by atoms with van der Waals surface area (Å²) in [6.45, 7) is 1.27. The predicted molar refractivity (Wildman–Crippen MR) is 106 cm³/mol. The van der Waals surface area contributed by atoms with Crippen LogP contribution in [0.2, 0.25) is 5.02 Å². The van der Waals surface area contributed by atoms with Crippen molar-refractivity contribution < 1.29 is 23.9 Å². The van der Waals surface area contributed by atoms with Crippen LogP contribution in [0.15, 0.2) is 48.5 Å². The quantitative estimate of drug-likeness (QED) is 0.554. The molecule has 0 spiro atoms. The number of carbonyl (C=O) groups is 4. The van der Waals surface area contributed by atoms with Gasteiger partial charge in [-0.1, -0.05) is 35.9 Å². The number of ether oxygens (including phenoxy) is 1. The van der Waals surface area contributed by atoms with Gasteiger partial charge in [-0.3, -0.25) is 19.3 Å². The third kappa shape index (κ3) is 4.63. The van der Waals surface area contributed by atoms with Crippen LogP contribution >= 0.6 is 11.6 Å². The van der Waals surface area contributed by atoms with Crippen molar-refractivity contribution in [1.82, 2.24) is 10.2 Å². The molecule has 0 saturated carbocycles. The summed E-state index contributed by atoms with van der Waals surface area (Å²) in [7, 11) is 0. The first kappa shape index (κ1) is 20.5. The van der Waals surface area contributed by atoms with Gasteiger partial charge >= 0.3 is 5.97 Å². The molecule has 0 fully saturated rings. The number of carbonyl (C=O) groups excluding carboxylic acids is 4. The van der Waals surface area contributed by atoms with E-state index in [2.05, 4.69) is 5.32 Å². The minimum Gasteiger partial charge on any atom is -0.454 e. The Hall–Kier alpha value is -3.19. The van der Waals surface area contributed by atoms with E-state index in [1.54, 1.807) is 24.3 Å². The summed E-state index contributed by atoms with van der Waals surface area (Å²) < 4.78 is 4.98. The zero-order valence-electron chi connectivity index (χ0n) is 15.7. The molecule has 0 aromatic heterocycles. The van der Waals surface area contributed by atoms with Crippen LogP contribution < -0.4 is 5.32 Å². The molecule has 150 valence electrons. The average Bonchev–Trinajstić information content (AvgIpc) is 2.98. The number of hydrogen-bond donors (Lipinski definition) is 1. The molecule has 0 bridgehead atoms. The minimum atomic E-state index is -1.13. The van der Waals surface area contributed by atoms with Gasteiger partial charge in [0.2, 0.25) is 0 Å². The van der Waals surface area contributed by atoms with E-state index in [0.717, 1.165) is 10.5 Å². The van der Waals surface area contributed by atoms with Crippen LogP contribution in [0.25, 0.3) is 0 Å². The number of hydrogen-bond acceptors (Lipinski definition) is 5. The maximum absolute atomic E-state index is 12.4. The Kier molecular flexibility index (Phi) is 6.29. The largest absolute Gasteiger partial charge is 0.454 e. The van der Waals surface area contributed by atoms with E-state index >= 15 is 0 Å². The third-order valence-corrected chi connectivity index (χ3v) is 4.80. The fourth-order valence-electron chi connectivity index (χ4n) is 2.97. The molecule has 2 aromatic carbocycles. The van der Waals surface area contributed by atoms with Gasteiger partial charge in [0, 0.05) is 11.6 Å². The number of amides is 3. The first-order chi connectivity index (χ1) is 13.9. The highest BCUT2D eigenvalue weighted by molar-refractivity contribution is 6.30. The summed E-state index contributed by atoms with van der Waals surface area (Å²) in [5.41, 5.74) is 1.50. The number of halogens is 1. The van der Waals surface area contributed by atoms with Gasteiger partial charge in [0.25, 0.3) is 17.7 Å². The Morgan fingerprint density at radius 1 is 1.03 bits per heavy atom. The Balaban J connectivity index is 1.46. The van der Waals surface area contributed by atoms with Crippen molar-refractivity contribution in [3.63, 3.8) is 0 Å². The van der Waals surface area contributed by atoms with E-state index < -0.39 is 36.3 Å². The van der Waals surface area contributed by atoms with Crippen LogP contribution in [0, 0.1) is 0 Å². The van der Waals surface area contributed by atoms with Crippen LogP contribution in [-0.4, -0.2) is 47.8 Å². The van der Waals surface area contributed by atoms with Gasteiger partial charge in [-0.05, 0) is 43.2 Å². The lowest BCUT2D eigenvalue weighted by Gasteiger charge is -2.20. The van der Waals surface area contributed by atoms with Crippen molar-refractivity contribution in [2.75, 3.05) is 13.2 Å². The summed E-state index contributed by atoms with van der Waals surface area (Å²) in [5, 5.41) is 3.28. The van der Waals surface area contributed by atoms with Crippen molar-refractivity contribution in [3.8, 4) is 0 Å². The Morgan fingerprint density at radius 2 is 1.62 bits per heavy atom. The number of nitrogens with zero attached hydrogens (tertiary/aromatic N) is 1. The average molecular weight is 415 g/mol. The van der Waals surface area contributed by atoms with Crippen molar-refractivity contribution in [1.29, 1.82) is 0 Å². The first-order valence-electron chi connectivity index (χ1n) is 9.03. The Labute approximate surface area is 172 Å². The third-order valence-electron chi connectivity index (χ3n) is 4.55. The fourth-order valence-corrected chi connectivity index (χ4v) is 3.10. The summed E-state index contributed by atoms with van der Waals surface area (Å²) in [6.07, 6.45) is 0.600. The van der Waals surface area contributed by atoms with Gasteiger partial charge in [-0.2, -0.15) is 0 Å². The number of fused-ring (bicyclic) bond motifs is 1. The van der Waals surface area contributed by atoms with Crippen molar-refractivity contribution >= 4 is 35.3 Å². The molecular weight excluding hydrogens is 396 g/mol. The van der Waals surface area contributed by atoms with Gasteiger partial charge < -0.3 is 10.1 Å².